The van der Waals surface area contributed by atoms with Crippen LogP contribution >= 0.6 is 0 Å². The van der Waals surface area contributed by atoms with Crippen LogP contribution in [0.1, 0.15) is 43.5 Å². The molecule has 1 saturated heterocycles. The van der Waals surface area contributed by atoms with E-state index in [1.54, 1.807) is 60.7 Å². The number of hydrogen-bond acceptors (Lipinski definition) is 7. The van der Waals surface area contributed by atoms with E-state index < -0.39 is 23.7 Å². The Balaban J connectivity index is 1.91. The number of Topliss-reactive ketones (excluding diaryl/α,β-unsaturated/α-hetero) is 1. The SMILES string of the molecule is CC(=O)Oc1cccc(C2/C(=C(/O)c3cccc(OC(C)C)c3)C(=O)C(=O)N2c2ccc(C#N)cc2)c1. The molecule has 0 saturated carbocycles. The van der Waals surface area contributed by atoms with Gasteiger partial charge in [-0.3, -0.25) is 19.3 Å². The van der Waals surface area contributed by atoms with Gasteiger partial charge in [-0.15, -0.1) is 0 Å². The highest BCUT2D eigenvalue weighted by Crippen LogP contribution is 2.43. The second-order valence-corrected chi connectivity index (χ2v) is 8.69. The Hall–Kier alpha value is -4.90. The average molecular weight is 497 g/mol. The Morgan fingerprint density at radius 3 is 2.32 bits per heavy atom. The number of nitrogens with zero attached hydrogens (tertiary/aromatic N) is 2. The summed E-state index contributed by atoms with van der Waals surface area (Å²) in [5.41, 5.74) is 1.36. The van der Waals surface area contributed by atoms with Gasteiger partial charge in [0.1, 0.15) is 17.3 Å². The van der Waals surface area contributed by atoms with E-state index in [1.165, 1.54) is 24.0 Å². The van der Waals surface area contributed by atoms with E-state index >= 15 is 0 Å². The van der Waals surface area contributed by atoms with Gasteiger partial charge in [0.15, 0.2) is 0 Å². The molecule has 1 N–H and O–H groups in total. The predicted octanol–water partition coefficient (Wildman–Crippen LogP) is 4.90. The molecule has 8 heteroatoms. The lowest BCUT2D eigenvalue weighted by Crippen LogP contribution is -2.29. The van der Waals surface area contributed by atoms with E-state index in [2.05, 4.69) is 0 Å². The van der Waals surface area contributed by atoms with E-state index in [0.717, 1.165) is 0 Å². The van der Waals surface area contributed by atoms with Gasteiger partial charge in [-0.25, -0.2) is 0 Å². The molecule has 1 amide bonds. The van der Waals surface area contributed by atoms with Gasteiger partial charge in [-0.1, -0.05) is 24.3 Å². The Morgan fingerprint density at radius 1 is 1.00 bits per heavy atom. The van der Waals surface area contributed by atoms with Crippen LogP contribution in [0.4, 0.5) is 5.69 Å². The summed E-state index contributed by atoms with van der Waals surface area (Å²) in [6.45, 7) is 5.00. The van der Waals surface area contributed by atoms with Crippen LogP contribution in [-0.4, -0.2) is 28.9 Å². The highest BCUT2D eigenvalue weighted by Gasteiger charge is 2.47. The van der Waals surface area contributed by atoms with E-state index in [1.807, 2.05) is 19.9 Å². The van der Waals surface area contributed by atoms with Gasteiger partial charge in [0, 0.05) is 18.2 Å². The Bertz CT molecular complexity index is 1450. The van der Waals surface area contributed by atoms with Crippen molar-refractivity contribution in [2.24, 2.45) is 0 Å². The van der Waals surface area contributed by atoms with Crippen LogP contribution in [0, 0.1) is 11.3 Å². The van der Waals surface area contributed by atoms with Crippen molar-refractivity contribution in [1.29, 1.82) is 5.26 Å². The van der Waals surface area contributed by atoms with Crippen LogP contribution in [0.2, 0.25) is 0 Å². The Labute approximate surface area is 214 Å². The first-order valence-electron chi connectivity index (χ1n) is 11.6. The molecule has 0 spiro atoms. The number of rotatable bonds is 6. The number of hydrogen-bond donors (Lipinski definition) is 1. The highest BCUT2D eigenvalue weighted by atomic mass is 16.5. The lowest BCUT2D eigenvalue weighted by Gasteiger charge is -2.25. The summed E-state index contributed by atoms with van der Waals surface area (Å²) in [7, 11) is 0. The van der Waals surface area contributed by atoms with Crippen LogP contribution in [0.15, 0.2) is 78.4 Å². The molecule has 3 aromatic carbocycles. The molecule has 4 rings (SSSR count). The number of aliphatic hydroxyl groups excluding tert-OH is 1. The van der Waals surface area contributed by atoms with Crippen molar-refractivity contribution in [2.45, 2.75) is 32.9 Å². The lowest BCUT2D eigenvalue weighted by molar-refractivity contribution is -0.132. The largest absolute Gasteiger partial charge is 0.507 e. The van der Waals surface area contributed by atoms with Crippen LogP contribution in [0.3, 0.4) is 0 Å². The minimum atomic E-state index is -1.03. The molecule has 1 aliphatic heterocycles. The number of aliphatic hydroxyl groups is 1. The molecule has 0 aromatic heterocycles. The number of esters is 1. The number of ether oxygens (including phenoxy) is 2. The first-order chi connectivity index (χ1) is 17.7. The minimum Gasteiger partial charge on any atom is -0.507 e. The van der Waals surface area contributed by atoms with Crippen molar-refractivity contribution in [1.82, 2.24) is 0 Å². The van der Waals surface area contributed by atoms with Crippen molar-refractivity contribution in [3.05, 3.63) is 95.1 Å². The maximum Gasteiger partial charge on any atom is 0.308 e. The zero-order valence-electron chi connectivity index (χ0n) is 20.5. The van der Waals surface area contributed by atoms with Crippen LogP contribution < -0.4 is 14.4 Å². The number of carbonyl (C=O) groups is 3. The first-order valence-corrected chi connectivity index (χ1v) is 11.6. The minimum absolute atomic E-state index is 0.108. The van der Waals surface area contributed by atoms with Gasteiger partial charge in [-0.2, -0.15) is 5.26 Å². The van der Waals surface area contributed by atoms with Crippen molar-refractivity contribution in [3.8, 4) is 17.6 Å². The summed E-state index contributed by atoms with van der Waals surface area (Å²) in [5, 5.41) is 20.5. The molecule has 37 heavy (non-hydrogen) atoms. The topological polar surface area (TPSA) is 117 Å². The number of carbonyl (C=O) groups excluding carboxylic acids is 3. The lowest BCUT2D eigenvalue weighted by atomic mass is 9.95. The molecule has 1 heterocycles. The van der Waals surface area contributed by atoms with Crippen molar-refractivity contribution < 1.29 is 29.0 Å². The third-order valence-electron chi connectivity index (χ3n) is 5.63. The normalized spacial score (nSPS) is 16.5. The Kier molecular flexibility index (Phi) is 7.07. The standard InChI is InChI=1S/C29H24N2O6/c1-17(2)36-23-8-5-7-21(15-23)27(33)25-26(20-6-4-9-24(14-20)37-18(3)32)31(29(35)28(25)34)22-12-10-19(16-30)11-13-22/h4-15,17,26,33H,1-3H3/b27-25-. The summed E-state index contributed by atoms with van der Waals surface area (Å²) >= 11 is 0. The second kappa shape index (κ2) is 10.4. The zero-order valence-corrected chi connectivity index (χ0v) is 20.5. The number of nitriles is 1. The molecule has 1 unspecified atom stereocenters. The molecule has 186 valence electrons. The number of anilines is 1. The van der Waals surface area contributed by atoms with E-state index in [0.29, 0.717) is 28.1 Å². The van der Waals surface area contributed by atoms with E-state index in [-0.39, 0.29) is 23.2 Å². The molecule has 1 aliphatic rings. The van der Waals surface area contributed by atoms with Crippen molar-refractivity contribution in [3.63, 3.8) is 0 Å². The molecule has 0 radical (unpaired) electrons. The number of amides is 1. The first kappa shape index (κ1) is 25.2. The average Bonchev–Trinajstić information content (AvgIpc) is 3.13. The van der Waals surface area contributed by atoms with Crippen molar-refractivity contribution >= 4 is 29.1 Å². The predicted molar refractivity (Wildman–Crippen MR) is 136 cm³/mol. The molecular formula is C29H24N2O6. The molecule has 1 fully saturated rings. The van der Waals surface area contributed by atoms with Gasteiger partial charge in [0.05, 0.1) is 29.4 Å². The summed E-state index contributed by atoms with van der Waals surface area (Å²) in [5.74, 6) is -1.90. The highest BCUT2D eigenvalue weighted by molar-refractivity contribution is 6.51. The van der Waals surface area contributed by atoms with Crippen LogP contribution in [0.5, 0.6) is 11.5 Å². The molecular weight excluding hydrogens is 472 g/mol. The fourth-order valence-electron chi connectivity index (χ4n) is 4.17. The van der Waals surface area contributed by atoms with E-state index in [4.69, 9.17) is 14.7 Å². The number of ketones is 1. The third kappa shape index (κ3) is 5.21. The summed E-state index contributed by atoms with van der Waals surface area (Å²) in [6, 6.07) is 20.2. The maximum absolute atomic E-state index is 13.4. The molecule has 0 aliphatic carbocycles. The Morgan fingerprint density at radius 2 is 1.68 bits per heavy atom. The fraction of sp³-hybridized carbons (Fsp3) is 0.172. The molecule has 3 aromatic rings. The quantitative estimate of drug-likeness (QED) is 0.170. The van der Waals surface area contributed by atoms with Gasteiger partial charge < -0.3 is 14.6 Å². The van der Waals surface area contributed by atoms with Crippen LogP contribution in [-0.2, 0) is 14.4 Å². The zero-order chi connectivity index (χ0) is 26.7. The second-order valence-electron chi connectivity index (χ2n) is 8.69. The van der Waals surface area contributed by atoms with Crippen molar-refractivity contribution in [2.75, 3.05) is 4.90 Å². The summed E-state index contributed by atoms with van der Waals surface area (Å²) in [6.07, 6.45) is -0.108. The maximum atomic E-state index is 13.4. The molecule has 8 nitrogen and oxygen atoms in total. The van der Waals surface area contributed by atoms with Gasteiger partial charge in [0.2, 0.25) is 0 Å². The van der Waals surface area contributed by atoms with Gasteiger partial charge in [0.25, 0.3) is 11.7 Å². The van der Waals surface area contributed by atoms with E-state index in [9.17, 15) is 19.5 Å². The number of benzene rings is 3. The van der Waals surface area contributed by atoms with Crippen LogP contribution in [0.25, 0.3) is 5.76 Å². The van der Waals surface area contributed by atoms with Gasteiger partial charge in [-0.05, 0) is 67.9 Å². The smallest absolute Gasteiger partial charge is 0.308 e. The fourth-order valence-corrected chi connectivity index (χ4v) is 4.17. The monoisotopic (exact) mass is 496 g/mol. The van der Waals surface area contributed by atoms with Gasteiger partial charge >= 0.3 is 5.97 Å². The molecule has 0 bridgehead atoms. The summed E-state index contributed by atoms with van der Waals surface area (Å²) < 4.78 is 10.9. The summed E-state index contributed by atoms with van der Waals surface area (Å²) in [4.78, 5) is 39.5. The molecule has 1 atom stereocenters. The third-order valence-corrected chi connectivity index (χ3v) is 5.63.